The van der Waals surface area contributed by atoms with Gasteiger partial charge >= 0.3 is 0 Å². The summed E-state index contributed by atoms with van der Waals surface area (Å²) >= 11 is 0. The number of methoxy groups -OCH3 is 1. The fraction of sp³-hybridized carbons (Fsp3) is 0.714. The van der Waals surface area contributed by atoms with Crippen molar-refractivity contribution in [2.24, 2.45) is 16.8 Å². The zero-order valence-electron chi connectivity index (χ0n) is 20.0. The molecule has 1 aromatic rings. The van der Waals surface area contributed by atoms with Crippen LogP contribution in [0.1, 0.15) is 12.8 Å². The second-order valence-corrected chi connectivity index (χ2v) is 11.3. The highest BCUT2D eigenvalue weighted by molar-refractivity contribution is 7.92. The van der Waals surface area contributed by atoms with Gasteiger partial charge < -0.3 is 20.7 Å². The Kier molecular flexibility index (Phi) is 9.47. The number of halogens is 1. The summed E-state index contributed by atoms with van der Waals surface area (Å²) in [5.74, 6) is -1.64. The molecule has 0 aliphatic carbocycles. The van der Waals surface area contributed by atoms with Gasteiger partial charge in [0, 0.05) is 39.5 Å². The van der Waals surface area contributed by atoms with E-state index in [9.17, 15) is 22.5 Å². The van der Waals surface area contributed by atoms with E-state index >= 15 is 0 Å². The Balaban J connectivity index is 1.73. The molecule has 35 heavy (non-hydrogen) atoms. The number of nitrogens with zero attached hydrogens (tertiary/aromatic N) is 4. The van der Waals surface area contributed by atoms with Gasteiger partial charge in [-0.3, -0.25) is 20.0 Å². The smallest absolute Gasteiger partial charge is 0.234 e. The Morgan fingerprint density at radius 1 is 1.43 bits per heavy atom. The molecule has 1 amide bonds. The number of alkyl halides is 1. The molecule has 196 valence electrons. The number of nitroso groups, excluding NO2 is 1. The number of nitrogens with one attached hydrogen (secondary N) is 2. The Morgan fingerprint density at radius 3 is 2.77 bits per heavy atom. The maximum atomic E-state index is 13.7. The van der Waals surface area contributed by atoms with E-state index in [0.29, 0.717) is 37.3 Å². The first-order valence-corrected chi connectivity index (χ1v) is 13.3. The highest BCUT2D eigenvalue weighted by atomic mass is 32.2. The van der Waals surface area contributed by atoms with Crippen LogP contribution in [-0.4, -0.2) is 101 Å². The summed E-state index contributed by atoms with van der Waals surface area (Å²) in [5.41, 5.74) is 6.97. The van der Waals surface area contributed by atoms with E-state index in [1.807, 2.05) is 4.90 Å². The predicted molar refractivity (Wildman–Crippen MR) is 130 cm³/mol. The molecule has 0 saturated carbocycles. The van der Waals surface area contributed by atoms with Gasteiger partial charge in [0.2, 0.25) is 5.91 Å². The van der Waals surface area contributed by atoms with Crippen molar-refractivity contribution in [3.63, 3.8) is 0 Å². The van der Waals surface area contributed by atoms with Gasteiger partial charge in [0.1, 0.15) is 12.1 Å². The monoisotopic (exact) mass is 515 g/mol. The van der Waals surface area contributed by atoms with Gasteiger partial charge in [0.15, 0.2) is 16.0 Å². The number of sulfone groups is 1. The van der Waals surface area contributed by atoms with Crippen LogP contribution in [0.3, 0.4) is 0 Å². The van der Waals surface area contributed by atoms with Crippen molar-refractivity contribution in [3.8, 4) is 0 Å². The quantitative estimate of drug-likeness (QED) is 0.360. The number of ether oxygens (including phenoxy) is 1. The highest BCUT2D eigenvalue weighted by Gasteiger charge is 2.40. The number of carbonyl (C=O) groups is 1. The molecule has 4 unspecified atom stereocenters. The molecule has 1 aromatic heterocycles. The number of nitrogens with two attached hydrogens (primary N) is 1. The van der Waals surface area contributed by atoms with Crippen LogP contribution in [-0.2, 0) is 19.4 Å². The molecule has 3 rings (SSSR count). The summed E-state index contributed by atoms with van der Waals surface area (Å²) < 4.78 is 43.7. The lowest BCUT2D eigenvalue weighted by Gasteiger charge is -2.40. The molecule has 2 aliphatic rings. The van der Waals surface area contributed by atoms with Crippen molar-refractivity contribution in [2.75, 3.05) is 62.9 Å². The summed E-state index contributed by atoms with van der Waals surface area (Å²) in [5, 5.41) is 8.15. The number of rotatable bonds is 10. The van der Waals surface area contributed by atoms with Gasteiger partial charge in [0.25, 0.3) is 0 Å². The van der Waals surface area contributed by atoms with Gasteiger partial charge in [-0.25, -0.2) is 12.8 Å². The predicted octanol–water partition coefficient (Wildman–Crippen LogP) is -0.0833. The summed E-state index contributed by atoms with van der Waals surface area (Å²) in [6.45, 7) is 1.25. The SMILES string of the molecule is COCCS(=O)(=O)C1CCN(c2ccncc2NC(=O)C(C(N)N=O)C2NCC(F)CN2C)CC1. The third kappa shape index (κ3) is 6.70. The van der Waals surface area contributed by atoms with E-state index in [0.717, 1.165) is 0 Å². The van der Waals surface area contributed by atoms with Gasteiger partial charge in [0.05, 0.1) is 41.3 Å². The number of amides is 1. The highest BCUT2D eigenvalue weighted by Crippen LogP contribution is 2.30. The minimum atomic E-state index is -3.25. The second kappa shape index (κ2) is 12.1. The maximum absolute atomic E-state index is 13.7. The van der Waals surface area contributed by atoms with Crippen LogP contribution in [0.25, 0.3) is 0 Å². The van der Waals surface area contributed by atoms with Gasteiger partial charge in [-0.2, -0.15) is 0 Å². The van der Waals surface area contributed by atoms with Crippen molar-refractivity contribution in [3.05, 3.63) is 23.4 Å². The molecular weight excluding hydrogens is 481 g/mol. The third-order valence-corrected chi connectivity index (χ3v) is 8.78. The van der Waals surface area contributed by atoms with E-state index in [1.54, 1.807) is 24.2 Å². The number of carbonyl (C=O) groups excluding carboxylic acids is 1. The molecule has 2 fully saturated rings. The lowest BCUT2D eigenvalue weighted by atomic mass is 9.98. The number of piperidine rings is 1. The number of aromatic nitrogens is 1. The zero-order chi connectivity index (χ0) is 25.6. The van der Waals surface area contributed by atoms with Crippen LogP contribution in [0.4, 0.5) is 15.8 Å². The fourth-order valence-electron chi connectivity index (χ4n) is 4.64. The van der Waals surface area contributed by atoms with Crippen molar-refractivity contribution in [1.29, 1.82) is 0 Å². The standard InChI is InChI=1S/C21H34FN7O5S/c1-28-13-14(22)11-25-20(28)18(19(23)27-31)21(30)26-16-12-24-6-3-17(16)29-7-4-15(5-8-29)35(32,33)10-9-34-2/h3,6,12,14-15,18-20,25H,4-5,7-11,13,23H2,1-2H3,(H,26,30). The van der Waals surface area contributed by atoms with Crippen molar-refractivity contribution in [1.82, 2.24) is 15.2 Å². The Morgan fingerprint density at radius 2 is 2.14 bits per heavy atom. The van der Waals surface area contributed by atoms with Gasteiger partial charge in [-0.15, -0.1) is 4.91 Å². The molecule has 0 bridgehead atoms. The van der Waals surface area contributed by atoms with Gasteiger partial charge in [-0.1, -0.05) is 5.18 Å². The molecule has 0 radical (unpaired) electrons. The minimum Gasteiger partial charge on any atom is -0.384 e. The largest absolute Gasteiger partial charge is 0.384 e. The molecule has 2 saturated heterocycles. The Bertz CT molecular complexity index is 977. The Labute approximate surface area is 204 Å². The van der Waals surface area contributed by atoms with Crippen LogP contribution in [0.2, 0.25) is 0 Å². The normalized spacial score (nSPS) is 24.1. The fourth-order valence-corrected chi connectivity index (χ4v) is 6.31. The van der Waals surface area contributed by atoms with Crippen molar-refractivity contribution >= 4 is 27.1 Å². The first-order chi connectivity index (χ1) is 16.7. The summed E-state index contributed by atoms with van der Waals surface area (Å²) in [6, 6.07) is 1.74. The van der Waals surface area contributed by atoms with Crippen LogP contribution in [0.15, 0.2) is 23.6 Å². The number of hydrogen-bond donors (Lipinski definition) is 3. The molecule has 2 aliphatic heterocycles. The maximum Gasteiger partial charge on any atom is 0.234 e. The molecule has 4 N–H and O–H groups in total. The molecule has 14 heteroatoms. The number of anilines is 2. The summed E-state index contributed by atoms with van der Waals surface area (Å²) in [4.78, 5) is 32.2. The summed E-state index contributed by atoms with van der Waals surface area (Å²) in [7, 11) is -0.139. The lowest BCUT2D eigenvalue weighted by Crippen LogP contribution is -2.62. The molecule has 0 aromatic carbocycles. The number of pyridine rings is 1. The number of hydrogen-bond acceptors (Lipinski definition) is 11. The van der Waals surface area contributed by atoms with E-state index in [2.05, 4.69) is 20.8 Å². The topological polar surface area (TPSA) is 159 Å². The third-order valence-electron chi connectivity index (χ3n) is 6.56. The van der Waals surface area contributed by atoms with Crippen LogP contribution in [0.5, 0.6) is 0 Å². The van der Waals surface area contributed by atoms with Crippen LogP contribution in [0, 0.1) is 10.8 Å². The van der Waals surface area contributed by atoms with Gasteiger partial charge in [-0.05, 0) is 26.0 Å². The molecule has 3 heterocycles. The average molecular weight is 516 g/mol. The average Bonchev–Trinajstić information content (AvgIpc) is 2.84. The van der Waals surface area contributed by atoms with Crippen molar-refractivity contribution in [2.45, 2.75) is 36.6 Å². The Hall–Kier alpha value is -2.26. The molecular formula is C21H34FN7O5S. The second-order valence-electron chi connectivity index (χ2n) is 8.94. The lowest BCUT2D eigenvalue weighted by molar-refractivity contribution is -0.124. The minimum absolute atomic E-state index is 0.00998. The van der Waals surface area contributed by atoms with E-state index in [1.165, 1.54) is 13.3 Å². The van der Waals surface area contributed by atoms with Crippen LogP contribution >= 0.6 is 0 Å². The summed E-state index contributed by atoms with van der Waals surface area (Å²) in [6.07, 6.45) is 0.840. The molecule has 12 nitrogen and oxygen atoms in total. The van der Waals surface area contributed by atoms with E-state index in [-0.39, 0.29) is 25.4 Å². The first-order valence-electron chi connectivity index (χ1n) is 11.5. The van der Waals surface area contributed by atoms with E-state index in [4.69, 9.17) is 10.5 Å². The first kappa shape index (κ1) is 27.3. The van der Waals surface area contributed by atoms with E-state index < -0.39 is 45.4 Å². The van der Waals surface area contributed by atoms with Crippen LogP contribution < -0.4 is 21.3 Å². The van der Waals surface area contributed by atoms with Crippen molar-refractivity contribution < 1.29 is 22.3 Å². The molecule has 4 atom stereocenters. The zero-order valence-corrected chi connectivity index (χ0v) is 20.8. The molecule has 0 spiro atoms.